The van der Waals surface area contributed by atoms with Gasteiger partial charge in [-0.1, -0.05) is 29.8 Å². The van der Waals surface area contributed by atoms with E-state index >= 15 is 0 Å². The van der Waals surface area contributed by atoms with Crippen LogP contribution in [0.15, 0.2) is 58.3 Å². The maximum absolute atomic E-state index is 13.0. The number of nitrogens with zero attached hydrogens (tertiary/aromatic N) is 1. The van der Waals surface area contributed by atoms with Crippen molar-refractivity contribution < 1.29 is 13.2 Å². The van der Waals surface area contributed by atoms with Crippen LogP contribution in [0.5, 0.6) is 0 Å². The van der Waals surface area contributed by atoms with Gasteiger partial charge in [-0.3, -0.25) is 4.79 Å². The van der Waals surface area contributed by atoms with Gasteiger partial charge in [0.2, 0.25) is 15.9 Å². The van der Waals surface area contributed by atoms with E-state index in [0.29, 0.717) is 24.4 Å². The summed E-state index contributed by atoms with van der Waals surface area (Å²) >= 11 is 7.93. The lowest BCUT2D eigenvalue weighted by Crippen LogP contribution is -2.46. The summed E-state index contributed by atoms with van der Waals surface area (Å²) in [6, 6.07) is 14.1. The highest BCUT2D eigenvalue weighted by Crippen LogP contribution is 2.38. The molecular weight excluding hydrogens is 428 g/mol. The maximum atomic E-state index is 13.0. The summed E-state index contributed by atoms with van der Waals surface area (Å²) in [4.78, 5) is 14.4. The molecule has 5 nitrogen and oxygen atoms in total. The average molecular weight is 451 g/mol. The molecule has 2 heterocycles. The van der Waals surface area contributed by atoms with Crippen molar-refractivity contribution in [1.82, 2.24) is 9.62 Å². The van der Waals surface area contributed by atoms with E-state index < -0.39 is 10.0 Å². The summed E-state index contributed by atoms with van der Waals surface area (Å²) in [5.74, 6) is 0.499. The number of carbonyl (C=O) groups excluding carboxylic acids is 1. The van der Waals surface area contributed by atoms with Gasteiger partial charge in [-0.25, -0.2) is 8.42 Å². The lowest BCUT2D eigenvalue weighted by molar-refractivity contribution is -0.126. The van der Waals surface area contributed by atoms with Gasteiger partial charge in [0.25, 0.3) is 0 Å². The van der Waals surface area contributed by atoms with Gasteiger partial charge in [-0.15, -0.1) is 11.8 Å². The van der Waals surface area contributed by atoms with E-state index in [0.717, 1.165) is 22.6 Å². The largest absolute Gasteiger partial charge is 0.349 e. The van der Waals surface area contributed by atoms with Crippen LogP contribution in [0.2, 0.25) is 5.02 Å². The average Bonchev–Trinajstić information content (AvgIpc) is 2.75. The summed E-state index contributed by atoms with van der Waals surface area (Å²) < 4.78 is 27.3. The number of hydrogen-bond acceptors (Lipinski definition) is 4. The Kier molecular flexibility index (Phi) is 6.20. The molecule has 29 heavy (non-hydrogen) atoms. The highest BCUT2D eigenvalue weighted by molar-refractivity contribution is 7.99. The Labute approximate surface area is 180 Å². The van der Waals surface area contributed by atoms with E-state index in [-0.39, 0.29) is 29.3 Å². The third-order valence-corrected chi connectivity index (χ3v) is 8.70. The molecule has 0 spiro atoms. The van der Waals surface area contributed by atoms with Gasteiger partial charge in [0, 0.05) is 28.8 Å². The Bertz CT molecular complexity index is 998. The van der Waals surface area contributed by atoms with Crippen molar-refractivity contribution in [2.45, 2.75) is 35.1 Å². The lowest BCUT2D eigenvalue weighted by Gasteiger charge is -2.33. The molecule has 2 aliphatic heterocycles. The zero-order valence-electron chi connectivity index (χ0n) is 15.9. The number of halogens is 1. The van der Waals surface area contributed by atoms with Gasteiger partial charge >= 0.3 is 0 Å². The molecule has 2 unspecified atom stereocenters. The molecule has 2 aromatic rings. The van der Waals surface area contributed by atoms with Crippen molar-refractivity contribution in [3.05, 3.63) is 59.1 Å². The van der Waals surface area contributed by atoms with E-state index in [9.17, 15) is 13.2 Å². The number of hydrogen-bond donors (Lipinski definition) is 1. The van der Waals surface area contributed by atoms with Crippen LogP contribution in [0.25, 0.3) is 0 Å². The fourth-order valence-electron chi connectivity index (χ4n) is 3.92. The fraction of sp³-hybridized carbons (Fsp3) is 0.381. The molecule has 1 saturated heterocycles. The van der Waals surface area contributed by atoms with Crippen LogP contribution in [0.1, 0.15) is 30.9 Å². The van der Waals surface area contributed by atoms with Crippen molar-refractivity contribution in [2.24, 2.45) is 5.92 Å². The number of thioether (sulfide) groups is 1. The van der Waals surface area contributed by atoms with Crippen molar-refractivity contribution in [3.63, 3.8) is 0 Å². The fourth-order valence-corrected chi connectivity index (χ4v) is 6.75. The van der Waals surface area contributed by atoms with Crippen molar-refractivity contribution in [1.29, 1.82) is 0 Å². The van der Waals surface area contributed by atoms with E-state index in [4.69, 9.17) is 11.6 Å². The zero-order valence-corrected chi connectivity index (χ0v) is 18.3. The van der Waals surface area contributed by atoms with E-state index in [1.54, 1.807) is 42.1 Å². The second-order valence-corrected chi connectivity index (χ2v) is 10.9. The molecule has 0 saturated carbocycles. The van der Waals surface area contributed by atoms with Crippen LogP contribution in [0.3, 0.4) is 0 Å². The molecule has 0 aromatic heterocycles. The standard InChI is InChI=1S/C21H23ClN2O3S2/c22-16-8-9-20-18(13-16)19(10-12-28-20)23-21(25)15-5-4-11-24(14-15)29(26,27)17-6-2-1-3-7-17/h1-3,6-9,13,15,19H,4-5,10-12,14H2,(H,23,25). The Morgan fingerprint density at radius 2 is 1.93 bits per heavy atom. The van der Waals surface area contributed by atoms with E-state index in [2.05, 4.69) is 5.32 Å². The van der Waals surface area contributed by atoms with Gasteiger partial charge in [0.1, 0.15) is 0 Å². The van der Waals surface area contributed by atoms with Gasteiger partial charge in [-0.05, 0) is 55.2 Å². The number of piperidine rings is 1. The van der Waals surface area contributed by atoms with E-state index in [1.165, 1.54) is 4.31 Å². The van der Waals surface area contributed by atoms with Gasteiger partial charge in [-0.2, -0.15) is 4.31 Å². The first-order valence-corrected chi connectivity index (χ1v) is 12.5. The first-order chi connectivity index (χ1) is 13.9. The quantitative estimate of drug-likeness (QED) is 0.761. The Hall–Kier alpha value is -1.54. The molecule has 8 heteroatoms. The van der Waals surface area contributed by atoms with Gasteiger partial charge < -0.3 is 5.32 Å². The molecule has 1 amide bonds. The summed E-state index contributed by atoms with van der Waals surface area (Å²) in [5, 5.41) is 3.81. The van der Waals surface area contributed by atoms with Crippen LogP contribution in [0, 0.1) is 5.92 Å². The maximum Gasteiger partial charge on any atom is 0.243 e. The number of carbonyl (C=O) groups is 1. The molecule has 2 atom stereocenters. The monoisotopic (exact) mass is 450 g/mol. The Morgan fingerprint density at radius 1 is 1.14 bits per heavy atom. The molecule has 4 rings (SSSR count). The van der Waals surface area contributed by atoms with E-state index in [1.807, 2.05) is 18.2 Å². The predicted molar refractivity (Wildman–Crippen MR) is 116 cm³/mol. The smallest absolute Gasteiger partial charge is 0.243 e. The lowest BCUT2D eigenvalue weighted by atomic mass is 9.97. The van der Waals surface area contributed by atoms with Crippen LogP contribution in [0.4, 0.5) is 0 Å². The SMILES string of the molecule is O=C(NC1CCSc2ccc(Cl)cc21)C1CCCN(S(=O)(=O)c2ccccc2)C1. The topological polar surface area (TPSA) is 66.5 Å². The van der Waals surface area contributed by atoms with Crippen LogP contribution in [-0.4, -0.2) is 37.5 Å². The number of amides is 1. The Balaban J connectivity index is 1.47. The summed E-state index contributed by atoms with van der Waals surface area (Å²) in [7, 11) is -3.58. The van der Waals surface area contributed by atoms with Crippen LogP contribution in [-0.2, 0) is 14.8 Å². The molecule has 0 aliphatic carbocycles. The van der Waals surface area contributed by atoms with Crippen molar-refractivity contribution in [2.75, 3.05) is 18.8 Å². The Morgan fingerprint density at radius 3 is 2.72 bits per heavy atom. The number of nitrogens with one attached hydrogen (secondary N) is 1. The minimum absolute atomic E-state index is 0.0826. The highest BCUT2D eigenvalue weighted by atomic mass is 35.5. The second-order valence-electron chi connectivity index (χ2n) is 7.40. The number of benzene rings is 2. The van der Waals surface area contributed by atoms with Gasteiger partial charge in [0.15, 0.2) is 0 Å². The first-order valence-electron chi connectivity index (χ1n) is 9.73. The van der Waals surface area contributed by atoms with Crippen molar-refractivity contribution >= 4 is 39.3 Å². The summed E-state index contributed by atoms with van der Waals surface area (Å²) in [6.45, 7) is 0.659. The molecule has 2 aromatic carbocycles. The third kappa shape index (κ3) is 4.48. The molecule has 0 radical (unpaired) electrons. The van der Waals surface area contributed by atoms with Crippen LogP contribution >= 0.6 is 23.4 Å². The normalized spacial score (nSPS) is 22.7. The zero-order chi connectivity index (χ0) is 20.4. The molecule has 154 valence electrons. The number of fused-ring (bicyclic) bond motifs is 1. The van der Waals surface area contributed by atoms with Gasteiger partial charge in [0.05, 0.1) is 16.9 Å². The predicted octanol–water partition coefficient (Wildman–Crippen LogP) is 4.09. The minimum Gasteiger partial charge on any atom is -0.349 e. The molecular formula is C21H23ClN2O3S2. The molecule has 0 bridgehead atoms. The number of rotatable bonds is 4. The summed E-state index contributed by atoms with van der Waals surface area (Å²) in [6.07, 6.45) is 2.20. The highest BCUT2D eigenvalue weighted by Gasteiger charge is 2.34. The summed E-state index contributed by atoms with van der Waals surface area (Å²) in [5.41, 5.74) is 1.05. The first kappa shape index (κ1) is 20.7. The number of sulfonamides is 1. The minimum atomic E-state index is -3.58. The molecule has 1 N–H and O–H groups in total. The van der Waals surface area contributed by atoms with Crippen LogP contribution < -0.4 is 5.32 Å². The molecule has 2 aliphatic rings. The second kappa shape index (κ2) is 8.68. The third-order valence-electron chi connectivity index (χ3n) is 5.46. The van der Waals surface area contributed by atoms with Crippen molar-refractivity contribution in [3.8, 4) is 0 Å². The molecule has 1 fully saturated rings.